The van der Waals surface area contributed by atoms with Crippen LogP contribution in [0.1, 0.15) is 37.0 Å². The lowest BCUT2D eigenvalue weighted by Gasteiger charge is -2.40. The fraction of sp³-hybridized carbons (Fsp3) is 0.409. The number of fused-ring (bicyclic) bond motifs is 2. The Labute approximate surface area is 198 Å². The molecule has 0 bridgehead atoms. The van der Waals surface area contributed by atoms with E-state index in [2.05, 4.69) is 20.5 Å². The van der Waals surface area contributed by atoms with Gasteiger partial charge in [-0.1, -0.05) is 6.08 Å². The first kappa shape index (κ1) is 22.8. The fourth-order valence-corrected chi connectivity index (χ4v) is 5.33. The molecule has 0 fully saturated rings. The molecule has 3 aromatic rings. The standard InChI is InChI=1S/C22H26FN7O3S/c1-13-8-15(9-14(2)29(13)30(31)34(3)32)17-10-24-22(28-12-26-27-21(17)28)25-11-18-16-6-7-33-20(16)5-4-19(18)23/h4-5,8,10,12-14,31H,6-7,9,11H2,1-3H3,(H,24,25). The van der Waals surface area contributed by atoms with Gasteiger partial charge in [0.2, 0.25) is 5.95 Å². The van der Waals surface area contributed by atoms with Gasteiger partial charge in [-0.15, -0.1) is 10.2 Å². The zero-order valence-corrected chi connectivity index (χ0v) is 19.9. The highest BCUT2D eigenvalue weighted by Crippen LogP contribution is 2.33. The third-order valence-electron chi connectivity index (χ3n) is 6.30. The SMILES string of the molecule is CC1C=C(c2cnc(NCc3c(F)ccc4c3CCO4)n3cnnc23)CC(C)N1N(O)S(C)=O. The highest BCUT2D eigenvalue weighted by molar-refractivity contribution is 7.81. The minimum absolute atomic E-state index is 0.102. The number of ether oxygens (including phenoxy) is 1. The van der Waals surface area contributed by atoms with Crippen LogP contribution in [0.2, 0.25) is 0 Å². The summed E-state index contributed by atoms with van der Waals surface area (Å²) in [6.07, 6.45) is 8.00. The summed E-state index contributed by atoms with van der Waals surface area (Å²) in [4.78, 5) is 4.58. The number of hydrazine groups is 1. The Bertz CT molecular complexity index is 1300. The maximum absolute atomic E-state index is 14.5. The average Bonchev–Trinajstić information content (AvgIpc) is 3.47. The molecule has 34 heavy (non-hydrogen) atoms. The number of aromatic nitrogens is 4. The average molecular weight is 488 g/mol. The molecule has 2 aliphatic rings. The summed E-state index contributed by atoms with van der Waals surface area (Å²) in [7, 11) is -1.54. The van der Waals surface area contributed by atoms with Crippen molar-refractivity contribution in [2.24, 2.45) is 0 Å². The lowest BCUT2D eigenvalue weighted by Crippen LogP contribution is -2.52. The van der Waals surface area contributed by atoms with Gasteiger partial charge in [-0.25, -0.2) is 13.6 Å². The van der Waals surface area contributed by atoms with Crippen LogP contribution in [-0.4, -0.2) is 63.5 Å². The Morgan fingerprint density at radius 1 is 1.38 bits per heavy atom. The minimum atomic E-state index is -1.54. The van der Waals surface area contributed by atoms with Gasteiger partial charge in [0, 0.05) is 54.2 Å². The number of nitrogens with one attached hydrogen (secondary N) is 1. The van der Waals surface area contributed by atoms with E-state index in [1.54, 1.807) is 28.0 Å². The van der Waals surface area contributed by atoms with E-state index in [0.717, 1.165) is 27.0 Å². The molecule has 180 valence electrons. The Balaban J connectivity index is 1.43. The monoisotopic (exact) mass is 487 g/mol. The number of halogens is 1. The molecule has 0 radical (unpaired) electrons. The van der Waals surface area contributed by atoms with Crippen molar-refractivity contribution in [2.45, 2.75) is 45.3 Å². The van der Waals surface area contributed by atoms with Crippen LogP contribution in [0.15, 0.2) is 30.7 Å². The predicted octanol–water partition coefficient (Wildman–Crippen LogP) is 2.58. The number of hydrogen-bond donors (Lipinski definition) is 2. The first-order valence-electron chi connectivity index (χ1n) is 11.0. The molecule has 4 heterocycles. The van der Waals surface area contributed by atoms with Crippen molar-refractivity contribution in [1.82, 2.24) is 29.2 Å². The maximum Gasteiger partial charge on any atom is 0.210 e. The molecular weight excluding hydrogens is 461 g/mol. The van der Waals surface area contributed by atoms with Crippen molar-refractivity contribution in [3.8, 4) is 5.75 Å². The molecule has 2 aliphatic heterocycles. The summed E-state index contributed by atoms with van der Waals surface area (Å²) in [6.45, 7) is 4.69. The van der Waals surface area contributed by atoms with Crippen LogP contribution in [0.25, 0.3) is 11.2 Å². The Kier molecular flexibility index (Phi) is 6.06. The van der Waals surface area contributed by atoms with Crippen molar-refractivity contribution in [2.75, 3.05) is 18.2 Å². The van der Waals surface area contributed by atoms with Crippen LogP contribution in [0.4, 0.5) is 10.3 Å². The topological polar surface area (TPSA) is 108 Å². The van der Waals surface area contributed by atoms with Gasteiger partial charge in [0.15, 0.2) is 5.65 Å². The quantitative estimate of drug-likeness (QED) is 0.511. The number of rotatable bonds is 6. The molecule has 5 rings (SSSR count). The van der Waals surface area contributed by atoms with Crippen molar-refractivity contribution < 1.29 is 18.5 Å². The van der Waals surface area contributed by atoms with Gasteiger partial charge in [-0.05, 0) is 42.6 Å². The number of benzene rings is 1. The first-order chi connectivity index (χ1) is 16.3. The molecule has 0 spiro atoms. The molecule has 3 unspecified atom stereocenters. The van der Waals surface area contributed by atoms with Gasteiger partial charge in [0.05, 0.1) is 6.61 Å². The molecule has 0 aliphatic carbocycles. The minimum Gasteiger partial charge on any atom is -0.493 e. The van der Waals surface area contributed by atoms with E-state index in [-0.39, 0.29) is 24.4 Å². The second-order valence-corrected chi connectivity index (χ2v) is 9.69. The lowest BCUT2D eigenvalue weighted by atomic mass is 9.94. The molecule has 1 aromatic carbocycles. The third kappa shape index (κ3) is 3.96. The number of hydrogen-bond acceptors (Lipinski definition) is 8. The van der Waals surface area contributed by atoms with Gasteiger partial charge >= 0.3 is 0 Å². The van der Waals surface area contributed by atoms with Gasteiger partial charge < -0.3 is 10.1 Å². The van der Waals surface area contributed by atoms with Gasteiger partial charge in [-0.2, -0.15) is 5.01 Å². The van der Waals surface area contributed by atoms with E-state index in [1.807, 2.05) is 19.9 Å². The Morgan fingerprint density at radius 2 is 2.21 bits per heavy atom. The lowest BCUT2D eigenvalue weighted by molar-refractivity contribution is -0.191. The summed E-state index contributed by atoms with van der Waals surface area (Å²) in [5.74, 6) is 0.951. The van der Waals surface area contributed by atoms with Gasteiger partial charge in [0.1, 0.15) is 28.9 Å². The Morgan fingerprint density at radius 3 is 2.97 bits per heavy atom. The molecule has 2 N–H and O–H groups in total. The van der Waals surface area contributed by atoms with Gasteiger partial charge in [0.25, 0.3) is 0 Å². The van der Waals surface area contributed by atoms with Crippen molar-refractivity contribution in [3.63, 3.8) is 0 Å². The van der Waals surface area contributed by atoms with Crippen molar-refractivity contribution >= 4 is 28.2 Å². The molecular formula is C22H26FN7O3S. The number of anilines is 1. The summed E-state index contributed by atoms with van der Waals surface area (Å²) >= 11 is 0. The van der Waals surface area contributed by atoms with Gasteiger partial charge in [-0.3, -0.25) is 9.61 Å². The molecule has 0 amide bonds. The molecule has 0 saturated heterocycles. The first-order valence-corrected chi connectivity index (χ1v) is 12.5. The fourth-order valence-electron chi connectivity index (χ4n) is 4.76. The molecule has 3 atom stereocenters. The van der Waals surface area contributed by atoms with Crippen molar-refractivity contribution in [3.05, 3.63) is 53.2 Å². The zero-order valence-electron chi connectivity index (χ0n) is 19.1. The second kappa shape index (κ2) is 9.02. The largest absolute Gasteiger partial charge is 0.493 e. The van der Waals surface area contributed by atoms with Crippen LogP contribution >= 0.6 is 0 Å². The zero-order chi connectivity index (χ0) is 24.0. The maximum atomic E-state index is 14.5. The Hall–Kier alpha value is -2.93. The van der Waals surface area contributed by atoms with Crippen LogP contribution in [0.5, 0.6) is 5.75 Å². The molecule has 12 heteroatoms. The van der Waals surface area contributed by atoms with E-state index in [1.165, 1.54) is 12.3 Å². The number of nitrogens with zero attached hydrogens (tertiary/aromatic N) is 6. The summed E-state index contributed by atoms with van der Waals surface area (Å²) < 4.78 is 34.4. The second-order valence-electron chi connectivity index (χ2n) is 8.52. The van der Waals surface area contributed by atoms with E-state index >= 15 is 0 Å². The van der Waals surface area contributed by atoms with Crippen LogP contribution in [-0.2, 0) is 24.0 Å². The highest BCUT2D eigenvalue weighted by Gasteiger charge is 2.32. The predicted molar refractivity (Wildman–Crippen MR) is 125 cm³/mol. The third-order valence-corrected chi connectivity index (χ3v) is 6.95. The molecule has 0 saturated carbocycles. The summed E-state index contributed by atoms with van der Waals surface area (Å²) in [5.41, 5.74) is 3.91. The highest BCUT2D eigenvalue weighted by atomic mass is 32.2. The van der Waals surface area contributed by atoms with E-state index in [0.29, 0.717) is 36.6 Å². The smallest absolute Gasteiger partial charge is 0.210 e. The molecule has 10 nitrogen and oxygen atoms in total. The van der Waals surface area contributed by atoms with Crippen LogP contribution in [0.3, 0.4) is 0 Å². The van der Waals surface area contributed by atoms with E-state index in [9.17, 15) is 13.8 Å². The summed E-state index contributed by atoms with van der Waals surface area (Å²) in [6, 6.07) is 2.80. The van der Waals surface area contributed by atoms with E-state index < -0.39 is 11.0 Å². The van der Waals surface area contributed by atoms with Crippen LogP contribution in [0, 0.1) is 5.82 Å². The molecule has 2 aromatic heterocycles. The summed E-state index contributed by atoms with van der Waals surface area (Å²) in [5, 5.41) is 23.5. The van der Waals surface area contributed by atoms with E-state index in [4.69, 9.17) is 4.74 Å². The normalized spacial score (nSPS) is 21.4. The van der Waals surface area contributed by atoms with Crippen molar-refractivity contribution in [1.29, 1.82) is 0 Å². The van der Waals surface area contributed by atoms with Crippen LogP contribution < -0.4 is 10.1 Å².